The summed E-state index contributed by atoms with van der Waals surface area (Å²) in [4.78, 5) is 11.7. The van der Waals surface area contributed by atoms with Crippen molar-refractivity contribution >= 4 is 16.7 Å². The third kappa shape index (κ3) is 3.40. The Morgan fingerprint density at radius 3 is 2.38 bits per heavy atom. The highest BCUT2D eigenvalue weighted by Gasteiger charge is 2.22. The zero-order valence-electron chi connectivity index (χ0n) is 13.6. The van der Waals surface area contributed by atoms with Gasteiger partial charge in [-0.25, -0.2) is 4.79 Å². The van der Waals surface area contributed by atoms with Gasteiger partial charge in [0, 0.05) is 11.8 Å². The van der Waals surface area contributed by atoms with Crippen molar-refractivity contribution in [3.05, 3.63) is 77.9 Å². The summed E-state index contributed by atoms with van der Waals surface area (Å²) in [5.41, 5.74) is 2.18. The lowest BCUT2D eigenvalue weighted by molar-refractivity contribution is -0.144. The molecule has 0 saturated heterocycles. The smallest absolute Gasteiger partial charge is 0.345 e. The normalized spacial score (nSPS) is 12.0. The van der Waals surface area contributed by atoms with Gasteiger partial charge in [-0.2, -0.15) is 0 Å². The Kier molecular flexibility index (Phi) is 4.80. The van der Waals surface area contributed by atoms with Crippen molar-refractivity contribution in [1.82, 2.24) is 0 Å². The summed E-state index contributed by atoms with van der Waals surface area (Å²) in [6.45, 7) is 2.07. The van der Waals surface area contributed by atoms with E-state index in [0.717, 1.165) is 28.3 Å². The minimum Gasteiger partial charge on any atom is -0.478 e. The Morgan fingerprint density at radius 1 is 0.958 bits per heavy atom. The summed E-state index contributed by atoms with van der Waals surface area (Å²) in [5.74, 6) is -0.344. The molecule has 0 aliphatic rings. The van der Waals surface area contributed by atoms with E-state index in [1.54, 1.807) is 0 Å². The van der Waals surface area contributed by atoms with E-state index in [2.05, 4.69) is 6.92 Å². The number of carboxylic acids is 1. The zero-order valence-corrected chi connectivity index (χ0v) is 13.6. The molecule has 0 aliphatic carbocycles. The molecule has 3 aromatic rings. The predicted molar refractivity (Wildman–Crippen MR) is 95.5 cm³/mol. The molecule has 3 heteroatoms. The highest BCUT2D eigenvalue weighted by molar-refractivity contribution is 5.88. The minimum atomic E-state index is -0.950. The van der Waals surface area contributed by atoms with Crippen LogP contribution >= 0.6 is 0 Å². The standard InChI is InChI=1S/C21H20O3/c1-2-15-8-3-4-10-17(15)14-20(21(22)23)24-19-13-7-11-16-9-5-6-12-18(16)19/h3-13,20H,2,14H2,1H3,(H,22,23). The molecular weight excluding hydrogens is 300 g/mol. The van der Waals surface area contributed by atoms with Crippen LogP contribution in [0.3, 0.4) is 0 Å². The molecule has 1 atom stereocenters. The molecule has 3 aromatic carbocycles. The predicted octanol–water partition coefficient (Wildman–Crippen LogP) is 4.48. The topological polar surface area (TPSA) is 46.5 Å². The number of carboxylic acid groups (broad SMARTS) is 1. The van der Waals surface area contributed by atoms with Crippen molar-refractivity contribution in [2.45, 2.75) is 25.9 Å². The van der Waals surface area contributed by atoms with Crippen LogP contribution < -0.4 is 4.74 Å². The monoisotopic (exact) mass is 320 g/mol. The van der Waals surface area contributed by atoms with E-state index in [1.807, 2.05) is 66.7 Å². The van der Waals surface area contributed by atoms with Gasteiger partial charge in [-0.1, -0.05) is 67.6 Å². The summed E-state index contributed by atoms with van der Waals surface area (Å²) in [7, 11) is 0. The van der Waals surface area contributed by atoms with Crippen LogP contribution in [0.1, 0.15) is 18.1 Å². The number of rotatable bonds is 6. The maximum absolute atomic E-state index is 11.7. The van der Waals surface area contributed by atoms with E-state index in [-0.39, 0.29) is 0 Å². The van der Waals surface area contributed by atoms with Crippen molar-refractivity contribution in [2.75, 3.05) is 0 Å². The lowest BCUT2D eigenvalue weighted by Crippen LogP contribution is -2.29. The van der Waals surface area contributed by atoms with Gasteiger partial charge in [0.2, 0.25) is 0 Å². The molecule has 0 amide bonds. The first-order chi connectivity index (χ1) is 11.7. The first kappa shape index (κ1) is 16.1. The first-order valence-electron chi connectivity index (χ1n) is 8.13. The summed E-state index contributed by atoms with van der Waals surface area (Å²) < 4.78 is 5.89. The van der Waals surface area contributed by atoms with Gasteiger partial charge in [0.15, 0.2) is 6.10 Å². The molecule has 0 saturated carbocycles. The lowest BCUT2D eigenvalue weighted by atomic mass is 9.99. The first-order valence-corrected chi connectivity index (χ1v) is 8.13. The number of aryl methyl sites for hydroxylation is 1. The molecule has 3 rings (SSSR count). The zero-order chi connectivity index (χ0) is 16.9. The second-order valence-corrected chi connectivity index (χ2v) is 5.75. The molecule has 1 unspecified atom stereocenters. The van der Waals surface area contributed by atoms with Gasteiger partial charge in [0.05, 0.1) is 0 Å². The number of benzene rings is 3. The van der Waals surface area contributed by atoms with E-state index < -0.39 is 12.1 Å². The molecule has 1 N–H and O–H groups in total. The van der Waals surface area contributed by atoms with Gasteiger partial charge < -0.3 is 9.84 Å². The van der Waals surface area contributed by atoms with Crippen LogP contribution in [0, 0.1) is 0 Å². The SMILES string of the molecule is CCc1ccccc1CC(Oc1cccc2ccccc12)C(=O)O. The maximum Gasteiger partial charge on any atom is 0.345 e. The largest absolute Gasteiger partial charge is 0.478 e. The number of aliphatic carboxylic acids is 1. The molecule has 122 valence electrons. The van der Waals surface area contributed by atoms with Crippen LogP contribution in [0.2, 0.25) is 0 Å². The molecule has 24 heavy (non-hydrogen) atoms. The Bertz CT molecular complexity index is 849. The average molecular weight is 320 g/mol. The quantitative estimate of drug-likeness (QED) is 0.728. The van der Waals surface area contributed by atoms with Crippen LogP contribution in [0.5, 0.6) is 5.75 Å². The van der Waals surface area contributed by atoms with Crippen LogP contribution in [0.4, 0.5) is 0 Å². The van der Waals surface area contributed by atoms with Crippen molar-refractivity contribution in [1.29, 1.82) is 0 Å². The lowest BCUT2D eigenvalue weighted by Gasteiger charge is -2.18. The average Bonchev–Trinajstić information content (AvgIpc) is 2.61. The van der Waals surface area contributed by atoms with Gasteiger partial charge in [-0.3, -0.25) is 0 Å². The molecule has 0 heterocycles. The Morgan fingerprint density at radius 2 is 1.62 bits per heavy atom. The van der Waals surface area contributed by atoms with E-state index in [4.69, 9.17) is 4.74 Å². The highest BCUT2D eigenvalue weighted by Crippen LogP contribution is 2.27. The number of hydrogen-bond acceptors (Lipinski definition) is 2. The summed E-state index contributed by atoms with van der Waals surface area (Å²) in [5, 5.41) is 11.6. The van der Waals surface area contributed by atoms with Gasteiger partial charge >= 0.3 is 5.97 Å². The van der Waals surface area contributed by atoms with Crippen molar-refractivity contribution in [2.24, 2.45) is 0 Å². The van der Waals surface area contributed by atoms with E-state index in [9.17, 15) is 9.90 Å². The molecule has 0 spiro atoms. The second-order valence-electron chi connectivity index (χ2n) is 5.75. The van der Waals surface area contributed by atoms with Gasteiger partial charge in [0.25, 0.3) is 0 Å². The van der Waals surface area contributed by atoms with Crippen molar-refractivity contribution in [3.8, 4) is 5.75 Å². The fourth-order valence-electron chi connectivity index (χ4n) is 2.93. The Labute approximate surface area is 141 Å². The molecule has 0 aliphatic heterocycles. The van der Waals surface area contributed by atoms with Gasteiger partial charge in [0.1, 0.15) is 5.75 Å². The number of ether oxygens (including phenoxy) is 1. The number of carbonyl (C=O) groups is 1. The van der Waals surface area contributed by atoms with Crippen LogP contribution in [-0.4, -0.2) is 17.2 Å². The van der Waals surface area contributed by atoms with Crippen LogP contribution in [-0.2, 0) is 17.6 Å². The molecule has 0 aromatic heterocycles. The third-order valence-corrected chi connectivity index (χ3v) is 4.20. The highest BCUT2D eigenvalue weighted by atomic mass is 16.5. The van der Waals surface area contributed by atoms with E-state index in [0.29, 0.717) is 12.2 Å². The molecular formula is C21H20O3. The Balaban J connectivity index is 1.90. The molecule has 0 radical (unpaired) electrons. The summed E-state index contributed by atoms with van der Waals surface area (Å²) in [6, 6.07) is 21.4. The number of hydrogen-bond donors (Lipinski definition) is 1. The van der Waals surface area contributed by atoms with Crippen LogP contribution in [0.25, 0.3) is 10.8 Å². The summed E-state index contributed by atoms with van der Waals surface area (Å²) in [6.07, 6.45) is 0.308. The van der Waals surface area contributed by atoms with E-state index in [1.165, 1.54) is 0 Å². The van der Waals surface area contributed by atoms with E-state index >= 15 is 0 Å². The van der Waals surface area contributed by atoms with Crippen molar-refractivity contribution < 1.29 is 14.6 Å². The van der Waals surface area contributed by atoms with Gasteiger partial charge in [-0.15, -0.1) is 0 Å². The van der Waals surface area contributed by atoms with Gasteiger partial charge in [-0.05, 0) is 29.0 Å². The maximum atomic E-state index is 11.7. The second kappa shape index (κ2) is 7.18. The third-order valence-electron chi connectivity index (χ3n) is 4.20. The number of fused-ring (bicyclic) bond motifs is 1. The Hall–Kier alpha value is -2.81. The fraction of sp³-hybridized carbons (Fsp3) is 0.190. The van der Waals surface area contributed by atoms with Crippen LogP contribution in [0.15, 0.2) is 66.7 Å². The molecule has 0 fully saturated rings. The molecule has 3 nitrogen and oxygen atoms in total. The summed E-state index contributed by atoms with van der Waals surface area (Å²) >= 11 is 0. The molecule has 0 bridgehead atoms. The van der Waals surface area contributed by atoms with Crippen molar-refractivity contribution in [3.63, 3.8) is 0 Å². The minimum absolute atomic E-state index is 0.350. The fourth-order valence-corrected chi connectivity index (χ4v) is 2.93.